The molecule has 9 heteroatoms. The number of aromatic carboxylic acids is 1. The number of ether oxygens (including phenoxy) is 1. The molecule has 1 N–H and O–H groups in total. The fourth-order valence-electron chi connectivity index (χ4n) is 2.72. The van der Waals surface area contributed by atoms with Crippen molar-refractivity contribution in [3.8, 4) is 23.0 Å². The highest BCUT2D eigenvalue weighted by Crippen LogP contribution is 2.33. The van der Waals surface area contributed by atoms with Crippen LogP contribution in [-0.4, -0.2) is 20.6 Å². The summed E-state index contributed by atoms with van der Waals surface area (Å²) in [6, 6.07) is 8.78. The summed E-state index contributed by atoms with van der Waals surface area (Å²) >= 11 is 18.0. The number of aromatic nitrogens is 2. The highest BCUT2D eigenvalue weighted by Gasteiger charge is 2.23. The van der Waals surface area contributed by atoms with Crippen molar-refractivity contribution in [2.24, 2.45) is 0 Å². The number of benzene rings is 1. The molecular weight excluding hydrogens is 427 g/mol. The number of hydrogen-bond acceptors (Lipinski definition) is 4. The average Bonchev–Trinajstić information content (AvgIpc) is 2.63. The molecule has 6 nitrogen and oxygen atoms in total. The highest BCUT2D eigenvalue weighted by molar-refractivity contribution is 6.42. The molecule has 0 atom stereocenters. The molecule has 2 aromatic heterocycles. The van der Waals surface area contributed by atoms with Gasteiger partial charge in [-0.1, -0.05) is 40.9 Å². The maximum atomic E-state index is 12.6. The summed E-state index contributed by atoms with van der Waals surface area (Å²) < 4.78 is 7.28. The SMILES string of the molecule is CCn1c(Oc2cc(Cl)ccn2)cc(=O)c(C(=O)O)c1-c1ccc(Cl)c(Cl)c1. The summed E-state index contributed by atoms with van der Waals surface area (Å²) in [6.07, 6.45) is 1.46. The molecule has 2 heterocycles. The second-order valence-corrected chi connectivity index (χ2v) is 6.91. The second kappa shape index (κ2) is 8.22. The van der Waals surface area contributed by atoms with Gasteiger partial charge in [0, 0.05) is 35.5 Å². The Hall–Kier alpha value is -2.54. The van der Waals surface area contributed by atoms with Gasteiger partial charge in [-0.05, 0) is 25.1 Å². The number of carboxylic acid groups (broad SMARTS) is 1. The van der Waals surface area contributed by atoms with Crippen LogP contribution in [-0.2, 0) is 6.54 Å². The average molecular weight is 440 g/mol. The first-order chi connectivity index (χ1) is 13.3. The minimum atomic E-state index is -1.36. The van der Waals surface area contributed by atoms with Crippen LogP contribution in [0.15, 0.2) is 47.4 Å². The van der Waals surface area contributed by atoms with E-state index in [2.05, 4.69) is 4.98 Å². The molecule has 0 radical (unpaired) electrons. The van der Waals surface area contributed by atoms with Crippen LogP contribution >= 0.6 is 34.8 Å². The van der Waals surface area contributed by atoms with E-state index in [-0.39, 0.29) is 22.5 Å². The fraction of sp³-hybridized carbons (Fsp3) is 0.105. The number of carbonyl (C=O) groups is 1. The van der Waals surface area contributed by atoms with Gasteiger partial charge in [0.05, 0.1) is 15.7 Å². The van der Waals surface area contributed by atoms with Crippen LogP contribution in [0.4, 0.5) is 0 Å². The molecule has 0 fully saturated rings. The summed E-state index contributed by atoms with van der Waals surface area (Å²) in [4.78, 5) is 28.4. The van der Waals surface area contributed by atoms with Crippen LogP contribution in [0.3, 0.4) is 0 Å². The van der Waals surface area contributed by atoms with Crippen molar-refractivity contribution in [3.05, 3.63) is 73.4 Å². The van der Waals surface area contributed by atoms with Crippen molar-refractivity contribution >= 4 is 40.8 Å². The van der Waals surface area contributed by atoms with Gasteiger partial charge in [-0.3, -0.25) is 4.79 Å². The lowest BCUT2D eigenvalue weighted by molar-refractivity contribution is 0.0695. The van der Waals surface area contributed by atoms with Gasteiger partial charge >= 0.3 is 5.97 Å². The lowest BCUT2D eigenvalue weighted by atomic mass is 10.0. The Bertz CT molecular complexity index is 1130. The van der Waals surface area contributed by atoms with E-state index in [0.717, 1.165) is 6.07 Å². The predicted octanol–water partition coefficient (Wildman–Crippen LogP) is 5.38. The van der Waals surface area contributed by atoms with Crippen LogP contribution in [0, 0.1) is 0 Å². The van der Waals surface area contributed by atoms with Crippen LogP contribution in [0.5, 0.6) is 11.8 Å². The first-order valence-corrected chi connectivity index (χ1v) is 9.21. The number of nitrogens with zero attached hydrogens (tertiary/aromatic N) is 2. The fourth-order valence-corrected chi connectivity index (χ4v) is 3.17. The van der Waals surface area contributed by atoms with Crippen molar-refractivity contribution in [3.63, 3.8) is 0 Å². The standard InChI is InChI=1S/C19H13Cl3N2O4/c1-2-24-16(28-15-8-11(20)5-6-23-15)9-14(25)17(19(26)27)18(24)10-3-4-12(21)13(22)7-10/h3-9H,2H2,1H3,(H,26,27). The van der Waals surface area contributed by atoms with Gasteiger partial charge in [-0.2, -0.15) is 0 Å². The number of halogens is 3. The molecule has 0 saturated heterocycles. The summed E-state index contributed by atoms with van der Waals surface area (Å²) in [5.41, 5.74) is -0.546. The Kier molecular flexibility index (Phi) is 5.93. The second-order valence-electron chi connectivity index (χ2n) is 5.66. The quantitative estimate of drug-likeness (QED) is 0.577. The van der Waals surface area contributed by atoms with Crippen molar-refractivity contribution in [1.29, 1.82) is 0 Å². The molecule has 0 unspecified atom stereocenters. The molecule has 28 heavy (non-hydrogen) atoms. The van der Waals surface area contributed by atoms with Gasteiger partial charge in [0.2, 0.25) is 17.2 Å². The number of pyridine rings is 2. The van der Waals surface area contributed by atoms with Gasteiger partial charge in [0.25, 0.3) is 0 Å². The van der Waals surface area contributed by atoms with Gasteiger partial charge in [-0.15, -0.1) is 0 Å². The van der Waals surface area contributed by atoms with E-state index in [1.165, 1.54) is 24.4 Å². The summed E-state index contributed by atoms with van der Waals surface area (Å²) in [6.45, 7) is 2.10. The van der Waals surface area contributed by atoms with Crippen LogP contribution in [0.25, 0.3) is 11.3 Å². The van der Waals surface area contributed by atoms with E-state index in [1.54, 1.807) is 23.6 Å². The van der Waals surface area contributed by atoms with Crippen LogP contribution < -0.4 is 10.2 Å². The van der Waals surface area contributed by atoms with Crippen molar-refractivity contribution < 1.29 is 14.6 Å². The predicted molar refractivity (Wildman–Crippen MR) is 108 cm³/mol. The van der Waals surface area contributed by atoms with Gasteiger partial charge in [0.15, 0.2) is 0 Å². The summed E-state index contributed by atoms with van der Waals surface area (Å²) in [7, 11) is 0. The Labute approximate surface area is 174 Å². The van der Waals surface area contributed by atoms with Gasteiger partial charge in [0.1, 0.15) is 5.56 Å². The van der Waals surface area contributed by atoms with E-state index in [4.69, 9.17) is 39.5 Å². The summed E-state index contributed by atoms with van der Waals surface area (Å²) in [5.74, 6) is -1.08. The number of carboxylic acids is 1. The Morgan fingerprint density at radius 2 is 1.89 bits per heavy atom. The lowest BCUT2D eigenvalue weighted by Crippen LogP contribution is -2.21. The van der Waals surface area contributed by atoms with Crippen molar-refractivity contribution in [2.75, 3.05) is 0 Å². The van der Waals surface area contributed by atoms with E-state index >= 15 is 0 Å². The van der Waals surface area contributed by atoms with E-state index in [9.17, 15) is 14.7 Å². The molecule has 0 aliphatic carbocycles. The maximum Gasteiger partial charge on any atom is 0.341 e. The normalized spacial score (nSPS) is 10.7. The third-order valence-electron chi connectivity index (χ3n) is 3.90. The zero-order valence-corrected chi connectivity index (χ0v) is 16.7. The monoisotopic (exact) mass is 438 g/mol. The molecule has 0 spiro atoms. The van der Waals surface area contributed by atoms with Crippen LogP contribution in [0.2, 0.25) is 15.1 Å². The first kappa shape index (κ1) is 20.2. The molecule has 0 aliphatic heterocycles. The minimum Gasteiger partial charge on any atom is -0.477 e. The third kappa shape index (κ3) is 3.99. The van der Waals surface area contributed by atoms with Gasteiger partial charge in [-0.25, -0.2) is 9.78 Å². The summed E-state index contributed by atoms with van der Waals surface area (Å²) in [5, 5.41) is 10.6. The molecular formula is C19H13Cl3N2O4. The third-order valence-corrected chi connectivity index (χ3v) is 4.88. The zero-order chi connectivity index (χ0) is 20.4. The Balaban J connectivity index is 2.28. The molecule has 1 aromatic carbocycles. The van der Waals surface area contributed by atoms with Gasteiger partial charge < -0.3 is 14.4 Å². The smallest absolute Gasteiger partial charge is 0.341 e. The van der Waals surface area contributed by atoms with E-state index in [1.807, 2.05) is 0 Å². The Morgan fingerprint density at radius 1 is 1.14 bits per heavy atom. The Morgan fingerprint density at radius 3 is 2.50 bits per heavy atom. The van der Waals surface area contributed by atoms with Crippen LogP contribution in [0.1, 0.15) is 17.3 Å². The number of rotatable bonds is 5. The minimum absolute atomic E-state index is 0.119. The first-order valence-electron chi connectivity index (χ1n) is 8.07. The molecule has 3 rings (SSSR count). The van der Waals surface area contributed by atoms with Crippen molar-refractivity contribution in [1.82, 2.24) is 9.55 Å². The molecule has 0 amide bonds. The van der Waals surface area contributed by atoms with Crippen molar-refractivity contribution in [2.45, 2.75) is 13.5 Å². The van der Waals surface area contributed by atoms with E-state index in [0.29, 0.717) is 22.2 Å². The maximum absolute atomic E-state index is 12.6. The largest absolute Gasteiger partial charge is 0.477 e. The topological polar surface area (TPSA) is 81.4 Å². The molecule has 0 aliphatic rings. The van der Waals surface area contributed by atoms with E-state index < -0.39 is 17.0 Å². The lowest BCUT2D eigenvalue weighted by Gasteiger charge is -2.19. The number of hydrogen-bond donors (Lipinski definition) is 1. The highest BCUT2D eigenvalue weighted by atomic mass is 35.5. The zero-order valence-electron chi connectivity index (χ0n) is 14.4. The molecule has 144 valence electrons. The molecule has 0 saturated carbocycles. The molecule has 3 aromatic rings. The molecule has 0 bridgehead atoms.